The zero-order valence-corrected chi connectivity index (χ0v) is 14.8. The first-order chi connectivity index (χ1) is 13.3. The van der Waals surface area contributed by atoms with Gasteiger partial charge in [-0.2, -0.15) is 18.4 Å². The number of rotatable bonds is 4. The Bertz CT molecular complexity index is 828. The van der Waals surface area contributed by atoms with Gasteiger partial charge in [0.05, 0.1) is 22.9 Å². The number of hydrogen-bond acceptors (Lipinski definition) is 5. The van der Waals surface area contributed by atoms with Gasteiger partial charge >= 0.3 is 12.2 Å². The second-order valence-corrected chi connectivity index (χ2v) is 6.64. The number of carbonyl (C=O) groups excluding carboxylic acids is 2. The van der Waals surface area contributed by atoms with E-state index in [9.17, 15) is 22.8 Å². The van der Waals surface area contributed by atoms with Crippen LogP contribution in [0.1, 0.15) is 30.4 Å². The average molecular weight is 397 g/mol. The molecule has 7 nitrogen and oxygen atoms in total. The number of imide groups is 1. The molecule has 0 radical (unpaired) electrons. The van der Waals surface area contributed by atoms with Crippen LogP contribution in [0.2, 0.25) is 0 Å². The summed E-state index contributed by atoms with van der Waals surface area (Å²) in [4.78, 5) is 28.2. The standard InChI is InChI=1S/C18H18F3N3O4/c19-18(20,21)14-10-13(3-2-12(14)11-22)24-15(26)17(4-8-28-9-5-17)23(16(24)27)6-1-7-25/h2-3,10,25H,1,4-9H2. The maximum Gasteiger partial charge on any atom is 0.417 e. The van der Waals surface area contributed by atoms with E-state index in [0.29, 0.717) is 6.07 Å². The Labute approximate surface area is 158 Å². The predicted octanol–water partition coefficient (Wildman–Crippen LogP) is 2.28. The summed E-state index contributed by atoms with van der Waals surface area (Å²) in [6.45, 7) is 0.382. The first-order valence-corrected chi connectivity index (χ1v) is 8.72. The zero-order chi connectivity index (χ0) is 20.5. The van der Waals surface area contributed by atoms with Gasteiger partial charge in [0, 0.05) is 39.2 Å². The first kappa shape index (κ1) is 20.1. The molecule has 0 atom stereocenters. The molecular weight excluding hydrogens is 379 g/mol. The minimum atomic E-state index is -4.81. The molecule has 1 aromatic carbocycles. The number of nitrogens with zero attached hydrogens (tertiary/aromatic N) is 3. The zero-order valence-electron chi connectivity index (χ0n) is 14.8. The lowest BCUT2D eigenvalue weighted by Crippen LogP contribution is -2.53. The molecule has 0 aromatic heterocycles. The number of halogens is 3. The van der Waals surface area contributed by atoms with Gasteiger partial charge in [-0.1, -0.05) is 0 Å². The second kappa shape index (κ2) is 7.41. The van der Waals surface area contributed by atoms with Crippen molar-refractivity contribution in [2.75, 3.05) is 31.3 Å². The molecule has 0 unspecified atom stereocenters. The fourth-order valence-electron chi connectivity index (χ4n) is 3.68. The molecular formula is C18H18F3N3O4. The van der Waals surface area contributed by atoms with Crippen LogP contribution in [0.5, 0.6) is 0 Å². The van der Waals surface area contributed by atoms with Gasteiger partial charge in [-0.25, -0.2) is 9.69 Å². The Kier molecular flexibility index (Phi) is 5.32. The monoisotopic (exact) mass is 397 g/mol. The van der Waals surface area contributed by atoms with Crippen molar-refractivity contribution >= 4 is 17.6 Å². The molecule has 2 saturated heterocycles. The van der Waals surface area contributed by atoms with E-state index in [1.165, 1.54) is 11.0 Å². The highest BCUT2D eigenvalue weighted by atomic mass is 19.4. The van der Waals surface area contributed by atoms with E-state index in [1.807, 2.05) is 0 Å². The number of urea groups is 1. The van der Waals surface area contributed by atoms with Crippen LogP contribution in [0.4, 0.5) is 23.7 Å². The van der Waals surface area contributed by atoms with Gasteiger partial charge < -0.3 is 14.7 Å². The first-order valence-electron chi connectivity index (χ1n) is 8.72. The largest absolute Gasteiger partial charge is 0.417 e. The van der Waals surface area contributed by atoms with Gasteiger partial charge in [0.2, 0.25) is 0 Å². The van der Waals surface area contributed by atoms with Gasteiger partial charge in [0.1, 0.15) is 5.54 Å². The lowest BCUT2D eigenvalue weighted by molar-refractivity contribution is -0.137. The van der Waals surface area contributed by atoms with Crippen molar-refractivity contribution in [3.05, 3.63) is 29.3 Å². The third kappa shape index (κ3) is 3.21. The van der Waals surface area contributed by atoms with E-state index in [-0.39, 0.29) is 51.3 Å². The van der Waals surface area contributed by atoms with Crippen molar-refractivity contribution in [1.82, 2.24) is 4.90 Å². The molecule has 3 rings (SSSR count). The van der Waals surface area contributed by atoms with Gasteiger partial charge in [-0.15, -0.1) is 0 Å². The Morgan fingerprint density at radius 1 is 1.25 bits per heavy atom. The molecule has 2 fully saturated rings. The van der Waals surface area contributed by atoms with Crippen molar-refractivity contribution in [2.45, 2.75) is 31.0 Å². The average Bonchev–Trinajstić information content (AvgIpc) is 2.86. The van der Waals surface area contributed by atoms with Crippen molar-refractivity contribution in [1.29, 1.82) is 5.26 Å². The third-order valence-electron chi connectivity index (χ3n) is 5.09. The molecule has 1 spiro atoms. The summed E-state index contributed by atoms with van der Waals surface area (Å²) in [6.07, 6.45) is -4.12. The van der Waals surface area contributed by atoms with Crippen LogP contribution >= 0.6 is 0 Å². The summed E-state index contributed by atoms with van der Waals surface area (Å²) < 4.78 is 45.2. The Hall–Kier alpha value is -2.64. The van der Waals surface area contributed by atoms with Gasteiger partial charge in [-0.3, -0.25) is 4.79 Å². The lowest BCUT2D eigenvalue weighted by Gasteiger charge is -2.37. The number of nitriles is 1. The maximum atomic E-state index is 13.3. The minimum Gasteiger partial charge on any atom is -0.396 e. The molecule has 10 heteroatoms. The molecule has 2 aliphatic rings. The second-order valence-electron chi connectivity index (χ2n) is 6.64. The fraction of sp³-hybridized carbons (Fsp3) is 0.500. The smallest absolute Gasteiger partial charge is 0.396 e. The summed E-state index contributed by atoms with van der Waals surface area (Å²) in [5.41, 5.74) is -3.23. The molecule has 0 aliphatic carbocycles. The third-order valence-corrected chi connectivity index (χ3v) is 5.09. The summed E-state index contributed by atoms with van der Waals surface area (Å²) in [6, 6.07) is 3.49. The van der Waals surface area contributed by atoms with Crippen LogP contribution in [0.25, 0.3) is 0 Å². The molecule has 28 heavy (non-hydrogen) atoms. The number of aliphatic hydroxyl groups excluding tert-OH is 1. The summed E-state index contributed by atoms with van der Waals surface area (Å²) in [7, 11) is 0. The number of benzene rings is 1. The fourth-order valence-corrected chi connectivity index (χ4v) is 3.68. The van der Waals surface area contributed by atoms with Crippen molar-refractivity contribution in [3.63, 3.8) is 0 Å². The van der Waals surface area contributed by atoms with Crippen molar-refractivity contribution < 1.29 is 32.6 Å². The summed E-state index contributed by atoms with van der Waals surface area (Å²) in [5.74, 6) is -0.614. The molecule has 2 aliphatic heterocycles. The number of hydrogen-bond donors (Lipinski definition) is 1. The normalized spacial score (nSPS) is 19.4. The number of ether oxygens (including phenoxy) is 1. The topological polar surface area (TPSA) is 93.9 Å². The van der Waals surface area contributed by atoms with Crippen LogP contribution in [0.3, 0.4) is 0 Å². The Morgan fingerprint density at radius 3 is 2.50 bits per heavy atom. The Balaban J connectivity index is 2.06. The Morgan fingerprint density at radius 2 is 1.93 bits per heavy atom. The maximum absolute atomic E-state index is 13.3. The van der Waals surface area contributed by atoms with Crippen LogP contribution in [0.15, 0.2) is 18.2 Å². The van der Waals surface area contributed by atoms with E-state index in [0.717, 1.165) is 17.0 Å². The van der Waals surface area contributed by atoms with Gasteiger partial charge in [0.15, 0.2) is 0 Å². The summed E-state index contributed by atoms with van der Waals surface area (Å²) in [5, 5.41) is 18.1. The van der Waals surface area contributed by atoms with Crippen LogP contribution < -0.4 is 4.90 Å². The van der Waals surface area contributed by atoms with Crippen LogP contribution in [-0.4, -0.2) is 53.8 Å². The van der Waals surface area contributed by atoms with E-state index in [1.54, 1.807) is 0 Å². The molecule has 0 saturated carbocycles. The number of amides is 3. The SMILES string of the molecule is N#Cc1ccc(N2C(=O)N(CCCO)C3(CCOCC3)C2=O)cc1C(F)(F)F. The molecule has 1 aromatic rings. The highest BCUT2D eigenvalue weighted by molar-refractivity contribution is 6.23. The highest BCUT2D eigenvalue weighted by Gasteiger charge is 2.58. The van der Waals surface area contributed by atoms with E-state index in [4.69, 9.17) is 15.1 Å². The summed E-state index contributed by atoms with van der Waals surface area (Å²) >= 11 is 0. The minimum absolute atomic E-state index is 0.0972. The number of carbonyl (C=O) groups is 2. The van der Waals surface area contributed by atoms with E-state index < -0.39 is 34.8 Å². The number of alkyl halides is 3. The van der Waals surface area contributed by atoms with Gasteiger partial charge in [-0.05, 0) is 24.6 Å². The molecule has 0 bridgehead atoms. The quantitative estimate of drug-likeness (QED) is 0.787. The number of anilines is 1. The predicted molar refractivity (Wildman–Crippen MR) is 90.2 cm³/mol. The van der Waals surface area contributed by atoms with E-state index >= 15 is 0 Å². The van der Waals surface area contributed by atoms with Crippen molar-refractivity contribution in [2.24, 2.45) is 0 Å². The molecule has 1 N–H and O–H groups in total. The number of aliphatic hydroxyl groups is 1. The molecule has 150 valence electrons. The molecule has 3 amide bonds. The lowest BCUT2D eigenvalue weighted by atomic mass is 9.88. The van der Waals surface area contributed by atoms with Crippen LogP contribution in [0, 0.1) is 11.3 Å². The van der Waals surface area contributed by atoms with E-state index in [2.05, 4.69) is 0 Å². The molecule has 2 heterocycles. The highest BCUT2D eigenvalue weighted by Crippen LogP contribution is 2.41. The van der Waals surface area contributed by atoms with Crippen molar-refractivity contribution in [3.8, 4) is 6.07 Å². The van der Waals surface area contributed by atoms with Crippen LogP contribution in [-0.2, 0) is 15.7 Å². The van der Waals surface area contributed by atoms with Gasteiger partial charge in [0.25, 0.3) is 5.91 Å².